The van der Waals surface area contributed by atoms with E-state index in [1.54, 1.807) is 0 Å². The number of hydrogen-bond acceptors (Lipinski definition) is 2. The van der Waals surface area contributed by atoms with E-state index in [0.717, 1.165) is 18.2 Å². The fourth-order valence-electron chi connectivity index (χ4n) is 0.673. The second-order valence-electron chi connectivity index (χ2n) is 1.92. The number of benzene rings is 1. The zero-order chi connectivity index (χ0) is 9.14. The van der Waals surface area contributed by atoms with Gasteiger partial charge in [0.2, 0.25) is 6.08 Å². The highest BCUT2D eigenvalue weighted by atomic mass is 35.5. The molecule has 0 aliphatic rings. The Morgan fingerprint density at radius 3 is 2.67 bits per heavy atom. The molecule has 0 aliphatic heterocycles. The van der Waals surface area contributed by atoms with Gasteiger partial charge in [-0.25, -0.2) is 13.6 Å². The van der Waals surface area contributed by atoms with Gasteiger partial charge in [0.25, 0.3) is 0 Å². The van der Waals surface area contributed by atoms with Gasteiger partial charge in [-0.3, -0.25) is 0 Å². The normalized spacial score (nSPS) is 9.25. The molecule has 12 heavy (non-hydrogen) atoms. The van der Waals surface area contributed by atoms with Gasteiger partial charge in [-0.05, 0) is 12.1 Å². The molecule has 0 unspecified atom stereocenters. The quantitative estimate of drug-likeness (QED) is 0.379. The third-order valence-corrected chi connectivity index (χ3v) is 1.36. The maximum atomic E-state index is 12.7. The van der Waals surface area contributed by atoms with Gasteiger partial charge in [-0.1, -0.05) is 11.6 Å². The second-order valence-corrected chi connectivity index (χ2v) is 2.36. The lowest BCUT2D eigenvalue weighted by Crippen LogP contribution is -1.83. The van der Waals surface area contributed by atoms with E-state index < -0.39 is 17.3 Å². The summed E-state index contributed by atoms with van der Waals surface area (Å²) < 4.78 is 25.2. The summed E-state index contributed by atoms with van der Waals surface area (Å²) in [5.74, 6) is -2.35. The third kappa shape index (κ3) is 1.67. The Morgan fingerprint density at radius 2 is 2.08 bits per heavy atom. The van der Waals surface area contributed by atoms with Crippen LogP contribution in [-0.4, -0.2) is 6.08 Å². The van der Waals surface area contributed by atoms with Gasteiger partial charge < -0.3 is 0 Å². The van der Waals surface area contributed by atoms with Gasteiger partial charge in [0.05, 0.1) is 0 Å². The summed E-state index contributed by atoms with van der Waals surface area (Å²) >= 11 is 5.36. The first kappa shape index (κ1) is 8.84. The maximum absolute atomic E-state index is 12.7. The Labute approximate surface area is 71.5 Å². The molecule has 0 spiro atoms. The molecule has 0 atom stereocenters. The zero-order valence-corrected chi connectivity index (χ0v) is 6.40. The van der Waals surface area contributed by atoms with Crippen LogP contribution in [0.4, 0.5) is 14.5 Å². The molecule has 0 bridgehead atoms. The fourth-order valence-corrected chi connectivity index (χ4v) is 0.872. The van der Waals surface area contributed by atoms with Crippen LogP contribution in [0.25, 0.3) is 0 Å². The van der Waals surface area contributed by atoms with Crippen molar-refractivity contribution in [1.29, 1.82) is 0 Å². The summed E-state index contributed by atoms with van der Waals surface area (Å²) in [6, 6.07) is 1.82. The molecule has 0 heterocycles. The van der Waals surface area contributed by atoms with E-state index in [1.807, 2.05) is 0 Å². The van der Waals surface area contributed by atoms with Gasteiger partial charge in [0, 0.05) is 5.02 Å². The van der Waals surface area contributed by atoms with Crippen molar-refractivity contribution >= 4 is 23.4 Å². The van der Waals surface area contributed by atoms with Crippen LogP contribution in [0.1, 0.15) is 0 Å². The summed E-state index contributed by atoms with van der Waals surface area (Å²) in [4.78, 5) is 12.6. The summed E-state index contributed by atoms with van der Waals surface area (Å²) in [7, 11) is 0. The second kappa shape index (κ2) is 3.43. The lowest BCUT2D eigenvalue weighted by atomic mass is 10.3. The molecule has 0 aromatic heterocycles. The maximum Gasteiger partial charge on any atom is 0.240 e. The largest absolute Gasteiger partial charge is 0.240 e. The number of hydrogen-bond donors (Lipinski definition) is 0. The highest BCUT2D eigenvalue weighted by Crippen LogP contribution is 2.24. The molecule has 1 rings (SSSR count). The lowest BCUT2D eigenvalue weighted by Gasteiger charge is -1.96. The molecule has 62 valence electrons. The number of rotatable bonds is 1. The van der Waals surface area contributed by atoms with Crippen molar-refractivity contribution in [2.24, 2.45) is 4.99 Å². The van der Waals surface area contributed by atoms with Crippen LogP contribution >= 0.6 is 11.6 Å². The van der Waals surface area contributed by atoms with Crippen LogP contribution in [0.3, 0.4) is 0 Å². The van der Waals surface area contributed by atoms with E-state index in [4.69, 9.17) is 11.6 Å². The van der Waals surface area contributed by atoms with Gasteiger partial charge in [-0.2, -0.15) is 4.99 Å². The van der Waals surface area contributed by atoms with Crippen LogP contribution in [0, 0.1) is 11.6 Å². The third-order valence-electron chi connectivity index (χ3n) is 1.14. The molecule has 5 heteroatoms. The minimum atomic E-state index is -1.21. The van der Waals surface area contributed by atoms with Crippen molar-refractivity contribution in [3.05, 3.63) is 28.8 Å². The van der Waals surface area contributed by atoms with Gasteiger partial charge >= 0.3 is 0 Å². The number of nitrogens with zero attached hydrogens (tertiary/aromatic N) is 1. The Morgan fingerprint density at radius 1 is 1.42 bits per heavy atom. The number of isocyanates is 1. The van der Waals surface area contributed by atoms with Crippen LogP contribution in [0.15, 0.2) is 17.1 Å². The van der Waals surface area contributed by atoms with Crippen molar-refractivity contribution < 1.29 is 13.6 Å². The highest BCUT2D eigenvalue weighted by molar-refractivity contribution is 6.30. The smallest absolute Gasteiger partial charge is 0.211 e. The number of halogens is 3. The fraction of sp³-hybridized carbons (Fsp3) is 0. The van der Waals surface area contributed by atoms with Crippen LogP contribution in [0.5, 0.6) is 0 Å². The standard InChI is InChI=1S/C7H2ClF2NO/c8-4-1-5(9)7(10)6(2-4)11-3-12/h1-2H. The Hall–Kier alpha value is -1.25. The van der Waals surface area contributed by atoms with Crippen molar-refractivity contribution in [2.75, 3.05) is 0 Å². The van der Waals surface area contributed by atoms with Crippen LogP contribution in [-0.2, 0) is 4.79 Å². The summed E-state index contributed by atoms with van der Waals surface area (Å²) in [5, 5.41) is -0.0251. The summed E-state index contributed by atoms with van der Waals surface area (Å²) in [6.07, 6.45) is 1.09. The Kier molecular flexibility index (Phi) is 2.53. The van der Waals surface area contributed by atoms with Crippen molar-refractivity contribution in [3.8, 4) is 0 Å². The molecule has 0 saturated heterocycles. The monoisotopic (exact) mass is 189 g/mol. The summed E-state index contributed by atoms with van der Waals surface area (Å²) in [6.45, 7) is 0. The minimum absolute atomic E-state index is 0.0251. The lowest BCUT2D eigenvalue weighted by molar-refractivity contribution is 0.510. The van der Waals surface area contributed by atoms with Gasteiger partial charge in [0.1, 0.15) is 5.69 Å². The Bertz CT molecular complexity index is 361. The topological polar surface area (TPSA) is 29.4 Å². The Balaban J connectivity index is 3.36. The molecule has 1 aromatic rings. The van der Waals surface area contributed by atoms with E-state index in [0.29, 0.717) is 0 Å². The van der Waals surface area contributed by atoms with Crippen molar-refractivity contribution in [2.45, 2.75) is 0 Å². The van der Waals surface area contributed by atoms with E-state index >= 15 is 0 Å². The molecule has 0 saturated carbocycles. The first-order chi connectivity index (χ1) is 5.65. The van der Waals surface area contributed by atoms with Gasteiger partial charge in [-0.15, -0.1) is 0 Å². The van der Waals surface area contributed by atoms with E-state index in [-0.39, 0.29) is 5.02 Å². The number of carbonyl (C=O) groups excluding carboxylic acids is 1. The molecule has 0 fully saturated rings. The predicted octanol–water partition coefficient (Wildman–Crippen LogP) is 2.59. The molecule has 1 aromatic carbocycles. The molecule has 0 radical (unpaired) electrons. The number of aliphatic imine (C=N–C) groups is 1. The molecule has 0 aliphatic carbocycles. The van der Waals surface area contributed by atoms with Crippen molar-refractivity contribution in [1.82, 2.24) is 0 Å². The first-order valence-electron chi connectivity index (χ1n) is 2.87. The SMILES string of the molecule is O=C=Nc1cc(Cl)cc(F)c1F. The summed E-state index contributed by atoms with van der Waals surface area (Å²) in [5.41, 5.74) is -0.449. The van der Waals surface area contributed by atoms with E-state index in [2.05, 4.69) is 4.99 Å². The van der Waals surface area contributed by atoms with Crippen molar-refractivity contribution in [3.63, 3.8) is 0 Å². The zero-order valence-electron chi connectivity index (χ0n) is 5.64. The molecule has 0 amide bonds. The molecule has 0 N–H and O–H groups in total. The molecular formula is C7H2ClF2NO. The minimum Gasteiger partial charge on any atom is -0.211 e. The van der Waals surface area contributed by atoms with Crippen LogP contribution < -0.4 is 0 Å². The van der Waals surface area contributed by atoms with Gasteiger partial charge in [0.15, 0.2) is 11.6 Å². The van der Waals surface area contributed by atoms with E-state index in [1.165, 1.54) is 0 Å². The highest BCUT2D eigenvalue weighted by Gasteiger charge is 2.08. The average molecular weight is 190 g/mol. The van der Waals surface area contributed by atoms with Crippen LogP contribution in [0.2, 0.25) is 5.02 Å². The predicted molar refractivity (Wildman–Crippen MR) is 39.1 cm³/mol. The first-order valence-corrected chi connectivity index (χ1v) is 3.25. The molecule has 2 nitrogen and oxygen atoms in total. The molecular weight excluding hydrogens is 188 g/mol. The van der Waals surface area contributed by atoms with E-state index in [9.17, 15) is 13.6 Å². The average Bonchev–Trinajstić information content (AvgIpc) is 2.00.